The number of ether oxygens (including phenoxy) is 2. The van der Waals surface area contributed by atoms with Crippen LogP contribution in [0.25, 0.3) is 0 Å². The van der Waals surface area contributed by atoms with Crippen molar-refractivity contribution >= 4 is 0 Å². The van der Waals surface area contributed by atoms with Gasteiger partial charge in [0.2, 0.25) is 0 Å². The first-order valence-electron chi connectivity index (χ1n) is 6.15. The second-order valence-electron chi connectivity index (χ2n) is 4.55. The second-order valence-corrected chi connectivity index (χ2v) is 4.55. The van der Waals surface area contributed by atoms with Gasteiger partial charge in [0, 0.05) is 6.04 Å². The summed E-state index contributed by atoms with van der Waals surface area (Å²) in [4.78, 5) is 0. The van der Waals surface area contributed by atoms with E-state index in [2.05, 4.69) is 5.32 Å². The zero-order chi connectivity index (χ0) is 11.7. The number of fused-ring (bicyclic) bond motifs is 1. The molecule has 0 radical (unpaired) electrons. The summed E-state index contributed by atoms with van der Waals surface area (Å²) >= 11 is 0. The molecule has 3 rings (SSSR count). The Labute approximate surface area is 101 Å². The molecule has 2 aliphatic heterocycles. The number of aliphatic hydroxyl groups is 1. The van der Waals surface area contributed by atoms with Gasteiger partial charge in [0.15, 0.2) is 11.5 Å². The minimum Gasteiger partial charge on any atom is -0.486 e. The van der Waals surface area contributed by atoms with Crippen LogP contribution in [0.3, 0.4) is 0 Å². The molecule has 0 saturated carbocycles. The first kappa shape index (κ1) is 10.9. The highest BCUT2D eigenvalue weighted by molar-refractivity contribution is 5.44. The maximum Gasteiger partial charge on any atom is 0.161 e. The van der Waals surface area contributed by atoms with E-state index in [0.29, 0.717) is 13.2 Å². The van der Waals surface area contributed by atoms with Crippen LogP contribution in [0, 0.1) is 0 Å². The average Bonchev–Trinajstić information content (AvgIpc) is 2.91. The fourth-order valence-corrected chi connectivity index (χ4v) is 2.46. The summed E-state index contributed by atoms with van der Waals surface area (Å²) in [6.07, 6.45) is 1.69. The normalized spacial score (nSPS) is 24.6. The molecule has 2 aliphatic rings. The van der Waals surface area contributed by atoms with E-state index in [1.807, 2.05) is 18.2 Å². The molecule has 4 nitrogen and oxygen atoms in total. The smallest absolute Gasteiger partial charge is 0.161 e. The molecule has 0 bridgehead atoms. The zero-order valence-corrected chi connectivity index (χ0v) is 9.69. The van der Waals surface area contributed by atoms with Crippen molar-refractivity contribution in [2.24, 2.45) is 0 Å². The third-order valence-corrected chi connectivity index (χ3v) is 3.39. The van der Waals surface area contributed by atoms with Crippen molar-refractivity contribution in [2.75, 3.05) is 19.8 Å². The third-order valence-electron chi connectivity index (χ3n) is 3.39. The van der Waals surface area contributed by atoms with Gasteiger partial charge in [-0.25, -0.2) is 0 Å². The summed E-state index contributed by atoms with van der Waals surface area (Å²) in [7, 11) is 0. The molecule has 2 unspecified atom stereocenters. The number of hydrogen-bond acceptors (Lipinski definition) is 4. The topological polar surface area (TPSA) is 50.7 Å². The van der Waals surface area contributed by atoms with Gasteiger partial charge in [0.25, 0.3) is 0 Å². The predicted molar refractivity (Wildman–Crippen MR) is 63.4 cm³/mol. The van der Waals surface area contributed by atoms with Gasteiger partial charge >= 0.3 is 0 Å². The van der Waals surface area contributed by atoms with Gasteiger partial charge < -0.3 is 19.9 Å². The van der Waals surface area contributed by atoms with Gasteiger partial charge in [-0.2, -0.15) is 0 Å². The molecule has 0 aliphatic carbocycles. The van der Waals surface area contributed by atoms with Gasteiger partial charge in [-0.1, -0.05) is 6.07 Å². The molecule has 1 saturated heterocycles. The van der Waals surface area contributed by atoms with Gasteiger partial charge in [0.1, 0.15) is 13.2 Å². The van der Waals surface area contributed by atoms with E-state index < -0.39 is 6.10 Å². The van der Waals surface area contributed by atoms with Crippen molar-refractivity contribution in [2.45, 2.75) is 25.0 Å². The molecule has 1 aromatic carbocycles. The summed E-state index contributed by atoms with van der Waals surface area (Å²) in [5, 5.41) is 13.6. The highest BCUT2D eigenvalue weighted by Gasteiger charge is 2.25. The number of aliphatic hydroxyl groups excluding tert-OH is 1. The second kappa shape index (κ2) is 4.55. The first-order chi connectivity index (χ1) is 8.34. The fraction of sp³-hybridized carbons (Fsp3) is 0.538. The SMILES string of the molecule is OC(c1ccc2c(c1)OCCO2)C1CCCN1. The standard InChI is InChI=1S/C13H17NO3/c15-13(10-2-1-5-14-10)9-3-4-11-12(8-9)17-7-6-16-11/h3-4,8,10,13-15H,1-2,5-7H2. The monoisotopic (exact) mass is 235 g/mol. The van der Waals surface area contributed by atoms with E-state index >= 15 is 0 Å². The Morgan fingerprint density at radius 1 is 1.24 bits per heavy atom. The molecule has 1 aromatic rings. The Hall–Kier alpha value is -1.26. The average molecular weight is 235 g/mol. The minimum atomic E-state index is -0.465. The zero-order valence-electron chi connectivity index (χ0n) is 9.69. The van der Waals surface area contributed by atoms with Crippen molar-refractivity contribution in [1.82, 2.24) is 5.32 Å². The largest absolute Gasteiger partial charge is 0.486 e. The molecule has 1 fully saturated rings. The molecule has 4 heteroatoms. The quantitative estimate of drug-likeness (QED) is 0.810. The number of hydrogen-bond donors (Lipinski definition) is 2. The van der Waals surface area contributed by atoms with Crippen LogP contribution in [0.1, 0.15) is 24.5 Å². The van der Waals surface area contributed by atoms with E-state index in [1.165, 1.54) is 0 Å². The Bertz CT molecular complexity index is 402. The molecule has 2 atom stereocenters. The molecule has 2 heterocycles. The first-order valence-corrected chi connectivity index (χ1v) is 6.15. The number of benzene rings is 1. The van der Waals surface area contributed by atoms with Crippen LogP contribution in [0.5, 0.6) is 11.5 Å². The maximum atomic E-state index is 10.3. The molecule has 92 valence electrons. The molecule has 0 aromatic heterocycles. The predicted octanol–water partition coefficient (Wildman–Crippen LogP) is 1.24. The third kappa shape index (κ3) is 2.10. The highest BCUT2D eigenvalue weighted by atomic mass is 16.6. The molecule has 0 spiro atoms. The van der Waals surface area contributed by atoms with Gasteiger partial charge in [-0.15, -0.1) is 0 Å². The minimum absolute atomic E-state index is 0.164. The van der Waals surface area contributed by atoms with E-state index in [4.69, 9.17) is 9.47 Å². The van der Waals surface area contributed by atoms with E-state index in [0.717, 1.165) is 36.4 Å². The fourth-order valence-electron chi connectivity index (χ4n) is 2.46. The molecular formula is C13H17NO3. The summed E-state index contributed by atoms with van der Waals surface area (Å²) in [5.41, 5.74) is 0.897. The van der Waals surface area contributed by atoms with Crippen LogP contribution >= 0.6 is 0 Å². The number of nitrogens with one attached hydrogen (secondary N) is 1. The van der Waals surface area contributed by atoms with Crippen LogP contribution in [0.2, 0.25) is 0 Å². The summed E-state index contributed by atoms with van der Waals surface area (Å²) in [6, 6.07) is 5.84. The Kier molecular flexibility index (Phi) is 2.91. The van der Waals surface area contributed by atoms with Crippen molar-refractivity contribution in [3.63, 3.8) is 0 Å². The van der Waals surface area contributed by atoms with Gasteiger partial charge in [-0.05, 0) is 37.1 Å². The van der Waals surface area contributed by atoms with Crippen LogP contribution < -0.4 is 14.8 Å². The lowest BCUT2D eigenvalue weighted by Gasteiger charge is -2.22. The van der Waals surface area contributed by atoms with Crippen molar-refractivity contribution < 1.29 is 14.6 Å². The maximum absolute atomic E-state index is 10.3. The van der Waals surface area contributed by atoms with Crippen molar-refractivity contribution in [3.05, 3.63) is 23.8 Å². The summed E-state index contributed by atoms with van der Waals surface area (Å²) < 4.78 is 11.0. The lowest BCUT2D eigenvalue weighted by atomic mass is 10.0. The summed E-state index contributed by atoms with van der Waals surface area (Å²) in [6.45, 7) is 2.17. The Morgan fingerprint density at radius 2 is 2.06 bits per heavy atom. The van der Waals surface area contributed by atoms with Crippen molar-refractivity contribution in [3.8, 4) is 11.5 Å². The Morgan fingerprint density at radius 3 is 2.82 bits per heavy atom. The lowest BCUT2D eigenvalue weighted by Crippen LogP contribution is -2.28. The summed E-state index contributed by atoms with van der Waals surface area (Å²) in [5.74, 6) is 1.51. The van der Waals surface area contributed by atoms with Crippen LogP contribution in [-0.4, -0.2) is 30.9 Å². The van der Waals surface area contributed by atoms with Gasteiger partial charge in [-0.3, -0.25) is 0 Å². The lowest BCUT2D eigenvalue weighted by molar-refractivity contribution is 0.135. The van der Waals surface area contributed by atoms with Gasteiger partial charge in [0.05, 0.1) is 6.10 Å². The van der Waals surface area contributed by atoms with E-state index in [1.54, 1.807) is 0 Å². The molecule has 17 heavy (non-hydrogen) atoms. The molecule has 2 N–H and O–H groups in total. The van der Waals surface area contributed by atoms with E-state index in [-0.39, 0.29) is 6.04 Å². The molecular weight excluding hydrogens is 218 g/mol. The Balaban J connectivity index is 1.82. The van der Waals surface area contributed by atoms with Crippen molar-refractivity contribution in [1.29, 1.82) is 0 Å². The molecule has 0 amide bonds. The highest BCUT2D eigenvalue weighted by Crippen LogP contribution is 2.34. The van der Waals surface area contributed by atoms with Crippen LogP contribution in [0.15, 0.2) is 18.2 Å². The van der Waals surface area contributed by atoms with E-state index in [9.17, 15) is 5.11 Å². The van der Waals surface area contributed by atoms with Crippen LogP contribution in [0.4, 0.5) is 0 Å². The van der Waals surface area contributed by atoms with Crippen LogP contribution in [-0.2, 0) is 0 Å². The number of rotatable bonds is 2.